The molecule has 11 heteroatoms. The van der Waals surface area contributed by atoms with Crippen LogP contribution in [0.25, 0.3) is 5.57 Å². The van der Waals surface area contributed by atoms with E-state index in [9.17, 15) is 13.2 Å². The Hall–Kier alpha value is -3.57. The Kier molecular flexibility index (Phi) is 7.89. The minimum absolute atomic E-state index is 0.0899. The van der Waals surface area contributed by atoms with Gasteiger partial charge in [0.2, 0.25) is 0 Å². The summed E-state index contributed by atoms with van der Waals surface area (Å²) in [6, 6.07) is 17.3. The van der Waals surface area contributed by atoms with Crippen LogP contribution in [0.15, 0.2) is 71.1 Å². The summed E-state index contributed by atoms with van der Waals surface area (Å²) in [6.07, 6.45) is 0.684. The third kappa shape index (κ3) is 5.59. The van der Waals surface area contributed by atoms with E-state index in [0.717, 1.165) is 55.4 Å². The molecule has 0 aromatic heterocycles. The topological polar surface area (TPSA) is 100 Å². The van der Waals surface area contributed by atoms with Gasteiger partial charge in [0.25, 0.3) is 15.9 Å². The first kappa shape index (κ1) is 28.5. The molecule has 1 saturated heterocycles. The van der Waals surface area contributed by atoms with Crippen LogP contribution in [0.4, 0.5) is 17.1 Å². The predicted octanol–water partition coefficient (Wildman–Crippen LogP) is 4.64. The molecule has 1 amide bonds. The van der Waals surface area contributed by atoms with E-state index < -0.39 is 10.0 Å². The highest BCUT2D eigenvalue weighted by atomic mass is 35.5. The van der Waals surface area contributed by atoms with Crippen LogP contribution in [0.3, 0.4) is 0 Å². The van der Waals surface area contributed by atoms with E-state index in [1.54, 1.807) is 36.4 Å². The van der Waals surface area contributed by atoms with Gasteiger partial charge in [-0.3, -0.25) is 14.0 Å². The maximum absolute atomic E-state index is 13.5. The van der Waals surface area contributed by atoms with Crippen LogP contribution in [0.5, 0.6) is 5.75 Å². The van der Waals surface area contributed by atoms with Crippen molar-refractivity contribution in [3.8, 4) is 5.75 Å². The van der Waals surface area contributed by atoms with Crippen molar-refractivity contribution >= 4 is 50.2 Å². The highest BCUT2D eigenvalue weighted by Crippen LogP contribution is 2.40. The molecule has 3 aromatic carbocycles. The Morgan fingerprint density at radius 2 is 1.88 bits per heavy atom. The number of halogens is 1. The summed E-state index contributed by atoms with van der Waals surface area (Å²) in [5, 5.41) is 6.87. The number of hydrogen-bond acceptors (Lipinski definition) is 7. The third-order valence-electron chi connectivity index (χ3n) is 8.09. The normalized spacial score (nSPS) is 19.5. The molecule has 6 rings (SSSR count). The summed E-state index contributed by atoms with van der Waals surface area (Å²) >= 11 is 6.10. The Balaban J connectivity index is 1.21. The summed E-state index contributed by atoms with van der Waals surface area (Å²) in [5.74, 6) is 0.572. The second-order valence-electron chi connectivity index (χ2n) is 10.7. The molecule has 1 atom stereocenters. The van der Waals surface area contributed by atoms with Gasteiger partial charge in [-0.1, -0.05) is 17.7 Å². The van der Waals surface area contributed by atoms with Crippen molar-refractivity contribution in [1.29, 1.82) is 0 Å². The Morgan fingerprint density at radius 3 is 2.67 bits per heavy atom. The molecule has 9 nitrogen and oxygen atoms in total. The van der Waals surface area contributed by atoms with Crippen molar-refractivity contribution in [3.05, 3.63) is 82.4 Å². The number of rotatable bonds is 8. The number of benzene rings is 3. The first-order valence-electron chi connectivity index (χ1n) is 13.9. The van der Waals surface area contributed by atoms with Gasteiger partial charge < -0.3 is 20.1 Å². The van der Waals surface area contributed by atoms with Crippen LogP contribution in [0.2, 0.25) is 5.02 Å². The molecule has 0 aliphatic carbocycles. The zero-order valence-electron chi connectivity index (χ0n) is 23.5. The summed E-state index contributed by atoms with van der Waals surface area (Å²) in [4.78, 5) is 15.6. The zero-order valence-corrected chi connectivity index (χ0v) is 25.1. The highest BCUT2D eigenvalue weighted by Gasteiger charge is 2.33. The molecule has 3 heterocycles. The number of amides is 1. The first-order valence-corrected chi connectivity index (χ1v) is 15.8. The van der Waals surface area contributed by atoms with E-state index in [2.05, 4.69) is 21.6 Å². The number of carbonyl (C=O) groups is 1. The lowest BCUT2D eigenvalue weighted by atomic mass is 9.95. The number of hydrogen-bond donors (Lipinski definition) is 2. The highest BCUT2D eigenvalue weighted by molar-refractivity contribution is 7.92. The zero-order chi connectivity index (χ0) is 29.4. The predicted molar refractivity (Wildman–Crippen MR) is 165 cm³/mol. The second kappa shape index (κ2) is 11.6. The first-order chi connectivity index (χ1) is 20.2. The van der Waals surface area contributed by atoms with Crippen molar-refractivity contribution in [2.45, 2.75) is 24.3 Å². The molecule has 0 saturated carbocycles. The lowest BCUT2D eigenvalue weighted by Gasteiger charge is -2.26. The van der Waals surface area contributed by atoms with E-state index in [1.807, 2.05) is 19.1 Å². The van der Waals surface area contributed by atoms with Gasteiger partial charge in [-0.2, -0.15) is 0 Å². The second-order valence-corrected chi connectivity index (χ2v) is 13.1. The van der Waals surface area contributed by atoms with Crippen LogP contribution in [-0.4, -0.2) is 71.8 Å². The smallest absolute Gasteiger partial charge is 0.264 e. The average Bonchev–Trinajstić information content (AvgIpc) is 3.56. The SMILES string of the molecule is C/C(=C1/C(=O)Nc2ccc(S(=O)(=O)N(C)c3cccc(Cl)c3)cc21)C1Cc2cc(OCCN3CCOCC3)ccc2N1. The van der Waals surface area contributed by atoms with Gasteiger partial charge in [0, 0.05) is 48.6 Å². The molecule has 2 N–H and O–H groups in total. The summed E-state index contributed by atoms with van der Waals surface area (Å²) in [7, 11) is -2.42. The van der Waals surface area contributed by atoms with E-state index >= 15 is 0 Å². The van der Waals surface area contributed by atoms with E-state index in [0.29, 0.717) is 40.6 Å². The van der Waals surface area contributed by atoms with Gasteiger partial charge in [-0.25, -0.2) is 8.42 Å². The standard InChI is InChI=1S/C31H33ClN4O5S/c1-20(29-17-21-16-24(6-8-27(21)33-29)41-15-12-36-10-13-40-14-11-36)30-26-19-25(7-9-28(26)34-31(30)37)42(38,39)35(2)23-5-3-4-22(32)18-23/h3-9,16,18-19,29,33H,10-15,17H2,1-2H3,(H,34,37)/b30-20-. The quantitative estimate of drug-likeness (QED) is 0.360. The van der Waals surface area contributed by atoms with E-state index in [4.69, 9.17) is 21.1 Å². The van der Waals surface area contributed by atoms with Crippen LogP contribution in [0, 0.1) is 0 Å². The van der Waals surface area contributed by atoms with Crippen LogP contribution < -0.4 is 19.7 Å². The number of morpholine rings is 1. The van der Waals surface area contributed by atoms with Crippen LogP contribution in [0.1, 0.15) is 18.1 Å². The number of carbonyl (C=O) groups excluding carboxylic acids is 1. The number of sulfonamides is 1. The van der Waals surface area contributed by atoms with Gasteiger partial charge in [0.1, 0.15) is 12.4 Å². The van der Waals surface area contributed by atoms with Crippen molar-refractivity contribution < 1.29 is 22.7 Å². The van der Waals surface area contributed by atoms with Gasteiger partial charge >= 0.3 is 0 Å². The molecule has 1 unspecified atom stereocenters. The molecule has 42 heavy (non-hydrogen) atoms. The summed E-state index contributed by atoms with van der Waals surface area (Å²) in [5.41, 5.74) is 5.05. The monoisotopic (exact) mass is 608 g/mol. The number of fused-ring (bicyclic) bond motifs is 2. The van der Waals surface area contributed by atoms with Gasteiger partial charge in [0.05, 0.1) is 35.4 Å². The minimum atomic E-state index is -3.91. The largest absolute Gasteiger partial charge is 0.492 e. The number of nitrogens with zero attached hydrogens (tertiary/aromatic N) is 2. The Bertz CT molecular complexity index is 1670. The van der Waals surface area contributed by atoms with E-state index in [-0.39, 0.29) is 16.8 Å². The van der Waals surface area contributed by atoms with Crippen molar-refractivity contribution in [1.82, 2.24) is 4.90 Å². The lowest BCUT2D eigenvalue weighted by Crippen LogP contribution is -2.38. The van der Waals surface area contributed by atoms with E-state index in [1.165, 1.54) is 17.4 Å². The molecule has 0 spiro atoms. The lowest BCUT2D eigenvalue weighted by molar-refractivity contribution is -0.110. The molecule has 3 aliphatic heterocycles. The molecule has 3 aromatic rings. The maximum atomic E-state index is 13.5. The van der Waals surface area contributed by atoms with Gasteiger partial charge in [0.15, 0.2) is 0 Å². The third-order valence-corrected chi connectivity index (χ3v) is 10.1. The van der Waals surface area contributed by atoms with Crippen LogP contribution >= 0.6 is 11.6 Å². The summed E-state index contributed by atoms with van der Waals surface area (Å²) < 4.78 is 39.7. The number of ether oxygens (including phenoxy) is 2. The molecule has 0 bridgehead atoms. The average molecular weight is 609 g/mol. The van der Waals surface area contributed by atoms with Crippen molar-refractivity contribution in [3.63, 3.8) is 0 Å². The molecule has 3 aliphatic rings. The van der Waals surface area contributed by atoms with Crippen molar-refractivity contribution in [2.24, 2.45) is 0 Å². The number of anilines is 3. The van der Waals surface area contributed by atoms with Crippen LogP contribution in [-0.2, 0) is 26.0 Å². The molecule has 1 fully saturated rings. The molecular formula is C31H33ClN4O5S. The Labute approximate surface area is 251 Å². The molecule has 220 valence electrons. The van der Waals surface area contributed by atoms with Gasteiger partial charge in [-0.15, -0.1) is 0 Å². The Morgan fingerprint density at radius 1 is 1.10 bits per heavy atom. The molecular weight excluding hydrogens is 576 g/mol. The molecule has 0 radical (unpaired) electrons. The fraction of sp³-hybridized carbons (Fsp3) is 0.323. The van der Waals surface area contributed by atoms with Gasteiger partial charge in [-0.05, 0) is 79.1 Å². The summed E-state index contributed by atoms with van der Waals surface area (Å²) in [6.45, 7) is 6.76. The van der Waals surface area contributed by atoms with Crippen molar-refractivity contribution in [2.75, 3.05) is 61.4 Å². The minimum Gasteiger partial charge on any atom is -0.492 e. The fourth-order valence-corrected chi connectivity index (χ4v) is 7.05. The maximum Gasteiger partial charge on any atom is 0.264 e. The fourth-order valence-electron chi connectivity index (χ4n) is 5.65. The number of nitrogens with one attached hydrogen (secondary N) is 2.